The molecule has 4 rings (SSSR count). The largest absolute Gasteiger partial charge is 0.485 e. The van der Waals surface area contributed by atoms with Gasteiger partial charge in [-0.25, -0.2) is 4.98 Å². The Morgan fingerprint density at radius 3 is 2.50 bits per heavy atom. The smallest absolute Gasteiger partial charge is 0.269 e. The number of fused-ring (bicyclic) bond motifs is 1. The summed E-state index contributed by atoms with van der Waals surface area (Å²) in [4.78, 5) is 15.0. The van der Waals surface area contributed by atoms with Gasteiger partial charge in [0.25, 0.3) is 5.69 Å². The van der Waals surface area contributed by atoms with Crippen LogP contribution in [0.2, 0.25) is 0 Å². The van der Waals surface area contributed by atoms with Gasteiger partial charge in [-0.05, 0) is 29.8 Å². The maximum absolute atomic E-state index is 10.7. The molecule has 26 heavy (non-hydrogen) atoms. The molecule has 0 radical (unpaired) electrons. The topological polar surface area (TPSA) is 69.7 Å². The number of nitro groups is 1. The SMILES string of the molecule is O=[N+]([O-])c1ccc(COc2cccn3cc(-c4ccccc4)nc23)cc1. The molecular weight excluding hydrogens is 330 g/mol. The molecule has 0 unspecified atom stereocenters. The Balaban J connectivity index is 1.58. The molecule has 0 spiro atoms. The van der Waals surface area contributed by atoms with E-state index in [0.29, 0.717) is 12.4 Å². The molecule has 0 saturated carbocycles. The Labute approximate surface area is 149 Å². The maximum atomic E-state index is 10.7. The van der Waals surface area contributed by atoms with Gasteiger partial charge in [-0.1, -0.05) is 30.3 Å². The van der Waals surface area contributed by atoms with Gasteiger partial charge in [0, 0.05) is 30.1 Å². The number of pyridine rings is 1. The first-order valence-corrected chi connectivity index (χ1v) is 8.10. The Hall–Kier alpha value is -3.67. The molecule has 0 N–H and O–H groups in total. The molecule has 2 heterocycles. The first kappa shape index (κ1) is 15.8. The van der Waals surface area contributed by atoms with Crippen molar-refractivity contribution in [3.05, 3.63) is 94.8 Å². The number of ether oxygens (including phenoxy) is 1. The molecule has 6 heteroatoms. The second-order valence-electron chi connectivity index (χ2n) is 5.81. The van der Waals surface area contributed by atoms with E-state index in [1.165, 1.54) is 12.1 Å². The minimum absolute atomic E-state index is 0.0663. The summed E-state index contributed by atoms with van der Waals surface area (Å²) in [5.41, 5.74) is 3.56. The minimum Gasteiger partial charge on any atom is -0.485 e. The molecule has 6 nitrogen and oxygen atoms in total. The van der Waals surface area contributed by atoms with Gasteiger partial charge in [-0.15, -0.1) is 0 Å². The number of hydrogen-bond acceptors (Lipinski definition) is 4. The second-order valence-corrected chi connectivity index (χ2v) is 5.81. The van der Waals surface area contributed by atoms with Gasteiger partial charge in [0.1, 0.15) is 6.61 Å². The van der Waals surface area contributed by atoms with Crippen LogP contribution >= 0.6 is 0 Å². The fraction of sp³-hybridized carbons (Fsp3) is 0.0500. The van der Waals surface area contributed by atoms with Crippen molar-refractivity contribution in [1.29, 1.82) is 0 Å². The zero-order chi connectivity index (χ0) is 17.9. The predicted molar refractivity (Wildman–Crippen MR) is 98.1 cm³/mol. The number of nitro benzene ring substituents is 1. The van der Waals surface area contributed by atoms with E-state index in [0.717, 1.165) is 22.5 Å². The lowest BCUT2D eigenvalue weighted by Crippen LogP contribution is -1.98. The fourth-order valence-corrected chi connectivity index (χ4v) is 2.72. The van der Waals surface area contributed by atoms with Crippen molar-refractivity contribution in [3.8, 4) is 17.0 Å². The summed E-state index contributed by atoms with van der Waals surface area (Å²) in [7, 11) is 0. The van der Waals surface area contributed by atoms with Crippen LogP contribution in [0.3, 0.4) is 0 Å². The summed E-state index contributed by atoms with van der Waals surface area (Å²) in [6, 6.07) is 20.0. The number of hydrogen-bond donors (Lipinski definition) is 0. The predicted octanol–water partition coefficient (Wildman–Crippen LogP) is 4.49. The zero-order valence-corrected chi connectivity index (χ0v) is 13.8. The van der Waals surface area contributed by atoms with Crippen LogP contribution in [0.25, 0.3) is 16.9 Å². The van der Waals surface area contributed by atoms with Crippen LogP contribution in [0.5, 0.6) is 5.75 Å². The van der Waals surface area contributed by atoms with E-state index in [1.54, 1.807) is 12.1 Å². The average molecular weight is 345 g/mol. The Kier molecular flexibility index (Phi) is 4.07. The van der Waals surface area contributed by atoms with Crippen molar-refractivity contribution in [2.75, 3.05) is 0 Å². The third-order valence-electron chi connectivity index (χ3n) is 4.06. The number of imidazole rings is 1. The maximum Gasteiger partial charge on any atom is 0.269 e. The molecule has 2 aromatic carbocycles. The Morgan fingerprint density at radius 2 is 1.77 bits per heavy atom. The monoisotopic (exact) mass is 345 g/mol. The normalized spacial score (nSPS) is 10.8. The molecule has 0 saturated heterocycles. The number of rotatable bonds is 5. The van der Waals surface area contributed by atoms with Crippen molar-refractivity contribution < 1.29 is 9.66 Å². The summed E-state index contributed by atoms with van der Waals surface area (Å²) < 4.78 is 7.83. The van der Waals surface area contributed by atoms with Crippen LogP contribution in [0, 0.1) is 10.1 Å². The highest BCUT2D eigenvalue weighted by molar-refractivity contribution is 5.65. The standard InChI is InChI=1S/C20H15N3O3/c24-23(25)17-10-8-15(9-11-17)14-26-19-7-4-12-22-13-18(21-20(19)22)16-5-2-1-3-6-16/h1-13H,14H2. The van der Waals surface area contributed by atoms with Crippen molar-refractivity contribution in [1.82, 2.24) is 9.38 Å². The number of benzene rings is 2. The van der Waals surface area contributed by atoms with Crippen LogP contribution < -0.4 is 4.74 Å². The summed E-state index contributed by atoms with van der Waals surface area (Å²) in [6.45, 7) is 0.311. The van der Waals surface area contributed by atoms with Crippen molar-refractivity contribution >= 4 is 11.3 Å². The van der Waals surface area contributed by atoms with Crippen molar-refractivity contribution in [2.45, 2.75) is 6.61 Å². The number of aromatic nitrogens is 2. The van der Waals surface area contributed by atoms with E-state index in [9.17, 15) is 10.1 Å². The Morgan fingerprint density at radius 1 is 1.00 bits per heavy atom. The van der Waals surface area contributed by atoms with Gasteiger partial charge < -0.3 is 9.14 Å². The highest BCUT2D eigenvalue weighted by Crippen LogP contribution is 2.25. The quantitative estimate of drug-likeness (QED) is 0.395. The van der Waals surface area contributed by atoms with Crippen LogP contribution in [0.15, 0.2) is 79.1 Å². The molecule has 128 valence electrons. The van der Waals surface area contributed by atoms with Gasteiger partial charge in [-0.2, -0.15) is 0 Å². The molecule has 0 aliphatic rings. The lowest BCUT2D eigenvalue weighted by atomic mass is 10.2. The summed E-state index contributed by atoms with van der Waals surface area (Å²) in [5, 5.41) is 10.7. The second kappa shape index (κ2) is 6.68. The first-order chi connectivity index (χ1) is 12.7. The number of non-ortho nitro benzene ring substituents is 1. The third-order valence-corrected chi connectivity index (χ3v) is 4.06. The number of nitrogens with zero attached hydrogens (tertiary/aromatic N) is 3. The van der Waals surface area contributed by atoms with E-state index in [-0.39, 0.29) is 5.69 Å². The van der Waals surface area contributed by atoms with E-state index >= 15 is 0 Å². The molecule has 0 fully saturated rings. The van der Waals surface area contributed by atoms with Gasteiger partial charge in [-0.3, -0.25) is 10.1 Å². The van der Waals surface area contributed by atoms with Crippen molar-refractivity contribution in [2.24, 2.45) is 0 Å². The van der Waals surface area contributed by atoms with E-state index in [4.69, 9.17) is 4.74 Å². The molecule has 2 aromatic heterocycles. The minimum atomic E-state index is -0.416. The van der Waals surface area contributed by atoms with Crippen molar-refractivity contribution in [3.63, 3.8) is 0 Å². The molecule has 0 bridgehead atoms. The molecular formula is C20H15N3O3. The van der Waals surface area contributed by atoms with Crippen LogP contribution in [-0.4, -0.2) is 14.3 Å². The molecule has 0 atom stereocenters. The Bertz CT molecular complexity index is 1060. The molecule has 0 amide bonds. The summed E-state index contributed by atoms with van der Waals surface area (Å²) in [6.07, 6.45) is 3.89. The van der Waals surface area contributed by atoms with Crippen LogP contribution in [-0.2, 0) is 6.61 Å². The molecule has 4 aromatic rings. The summed E-state index contributed by atoms with van der Waals surface area (Å²) in [5.74, 6) is 0.660. The van der Waals surface area contributed by atoms with E-state index in [1.807, 2.05) is 59.3 Å². The summed E-state index contributed by atoms with van der Waals surface area (Å²) >= 11 is 0. The van der Waals surface area contributed by atoms with Gasteiger partial charge in [0.05, 0.1) is 10.6 Å². The third kappa shape index (κ3) is 3.12. The van der Waals surface area contributed by atoms with E-state index < -0.39 is 4.92 Å². The highest BCUT2D eigenvalue weighted by atomic mass is 16.6. The molecule has 0 aliphatic heterocycles. The van der Waals surface area contributed by atoms with Gasteiger partial charge >= 0.3 is 0 Å². The molecule has 0 aliphatic carbocycles. The highest BCUT2D eigenvalue weighted by Gasteiger charge is 2.10. The van der Waals surface area contributed by atoms with Crippen LogP contribution in [0.4, 0.5) is 5.69 Å². The lowest BCUT2D eigenvalue weighted by molar-refractivity contribution is -0.384. The zero-order valence-electron chi connectivity index (χ0n) is 13.8. The fourth-order valence-electron chi connectivity index (χ4n) is 2.72. The van der Waals surface area contributed by atoms with Crippen LogP contribution in [0.1, 0.15) is 5.56 Å². The van der Waals surface area contributed by atoms with Gasteiger partial charge in [0.15, 0.2) is 11.4 Å². The van der Waals surface area contributed by atoms with E-state index in [2.05, 4.69) is 4.98 Å². The average Bonchev–Trinajstić information content (AvgIpc) is 3.12. The first-order valence-electron chi connectivity index (χ1n) is 8.10. The lowest BCUT2D eigenvalue weighted by Gasteiger charge is -2.07. The van der Waals surface area contributed by atoms with Gasteiger partial charge in [0.2, 0.25) is 0 Å².